The number of ketones is 6. The van der Waals surface area contributed by atoms with E-state index in [-0.39, 0.29) is 0 Å². The first-order chi connectivity index (χ1) is 27.4. The van der Waals surface area contributed by atoms with Crippen LogP contribution < -0.4 is 4.57 Å². The number of hydrogen-bond acceptors (Lipinski definition) is 8. The predicted molar refractivity (Wildman–Crippen MR) is 206 cm³/mol. The Hall–Kier alpha value is -6.76. The standard InChI is InChI=1S/C15H15N2O2.C14H12N2O2.C13H10N2O2.CH3F/c1-4-11-16(2)12-9-7-5-6-8-10(9)14(18)15(19)13(12)17(11)3;1-3-10-15-11-8-6-4-5-7-9(8)13(17)14(18)12(11)16(10)2;1-2-9-14-10-7-5-3-4-6-8(7)12(16)13(17)11(10)15-9;1-2/h5-8H,4H2,1-3H3;4-7H,3H2,1-2H3;3-6H,2H2,1H3,(H,14,15);1H3/q+1;;;/i;;;1D. The number of aryl methyl sites for hydroxylation is 2. The van der Waals surface area contributed by atoms with Crippen molar-refractivity contribution in [1.29, 1.82) is 0 Å². The van der Waals surface area contributed by atoms with Crippen LogP contribution in [0.4, 0.5) is 4.39 Å². The maximum atomic E-state index is 12.3. The molecule has 0 aliphatic heterocycles. The molecule has 0 amide bonds. The van der Waals surface area contributed by atoms with Crippen molar-refractivity contribution in [1.82, 2.24) is 24.1 Å². The van der Waals surface area contributed by atoms with Gasteiger partial charge in [0.2, 0.25) is 23.0 Å². The van der Waals surface area contributed by atoms with E-state index in [4.69, 9.17) is 1.37 Å². The minimum absolute atomic E-state index is 0.325. The lowest BCUT2D eigenvalue weighted by Gasteiger charge is -2.13. The highest BCUT2D eigenvalue weighted by Crippen LogP contribution is 2.34. The Balaban J connectivity index is 0.000000140. The third-order valence-electron chi connectivity index (χ3n) is 10.1. The van der Waals surface area contributed by atoms with E-state index < -0.39 is 41.9 Å². The summed E-state index contributed by atoms with van der Waals surface area (Å²) in [6, 6.07) is 21.5. The molecule has 12 nitrogen and oxygen atoms in total. The Morgan fingerprint density at radius 2 is 1.07 bits per heavy atom. The maximum Gasteiger partial charge on any atom is 0.277 e. The summed E-state index contributed by atoms with van der Waals surface area (Å²) in [6.07, 6.45) is 2.24. The van der Waals surface area contributed by atoms with Gasteiger partial charge in [-0.15, -0.1) is 0 Å². The van der Waals surface area contributed by atoms with Crippen molar-refractivity contribution in [2.75, 3.05) is 7.15 Å². The van der Waals surface area contributed by atoms with Gasteiger partial charge in [0.1, 0.15) is 34.4 Å². The third-order valence-corrected chi connectivity index (χ3v) is 10.1. The van der Waals surface area contributed by atoms with Crippen LogP contribution in [0.15, 0.2) is 72.8 Å². The number of rotatable bonds is 3. The first-order valence-corrected chi connectivity index (χ1v) is 18.0. The highest BCUT2D eigenvalue weighted by Gasteiger charge is 2.41. The van der Waals surface area contributed by atoms with E-state index >= 15 is 0 Å². The van der Waals surface area contributed by atoms with Crippen molar-refractivity contribution >= 4 is 34.7 Å². The Labute approximate surface area is 323 Å². The summed E-state index contributed by atoms with van der Waals surface area (Å²) in [6.45, 7) is 5.97. The molecule has 9 rings (SSSR count). The number of alkyl halides is 1. The number of fused-ring (bicyclic) bond motifs is 9. The highest BCUT2D eigenvalue weighted by molar-refractivity contribution is 6.53. The molecule has 0 saturated carbocycles. The summed E-state index contributed by atoms with van der Waals surface area (Å²) < 4.78 is 21.1. The number of aromatic amines is 1. The molecule has 3 aliphatic rings. The number of halogens is 1. The highest BCUT2D eigenvalue weighted by atomic mass is 19.1. The van der Waals surface area contributed by atoms with Crippen LogP contribution in [-0.4, -0.2) is 65.9 Å². The first kappa shape index (κ1) is 37.6. The van der Waals surface area contributed by atoms with Crippen molar-refractivity contribution in [2.45, 2.75) is 40.0 Å². The lowest BCUT2D eigenvalue weighted by atomic mass is 9.90. The monoisotopic (exact) mass is 756 g/mol. The van der Waals surface area contributed by atoms with Crippen molar-refractivity contribution in [3.8, 4) is 33.8 Å². The summed E-state index contributed by atoms with van der Waals surface area (Å²) in [5, 5.41) is 0. The second-order valence-corrected chi connectivity index (χ2v) is 13.1. The van der Waals surface area contributed by atoms with Crippen LogP contribution in [0.3, 0.4) is 0 Å². The summed E-state index contributed by atoms with van der Waals surface area (Å²) in [5.74, 6) is -0.0977. The van der Waals surface area contributed by atoms with Gasteiger partial charge in [-0.05, 0) is 6.07 Å². The second kappa shape index (κ2) is 15.5. The summed E-state index contributed by atoms with van der Waals surface area (Å²) in [4.78, 5) is 84.2. The molecule has 56 heavy (non-hydrogen) atoms. The molecule has 6 aromatic rings. The fourth-order valence-electron chi connectivity index (χ4n) is 7.46. The molecule has 284 valence electrons. The number of aromatic nitrogens is 6. The zero-order chi connectivity index (χ0) is 41.3. The van der Waals surface area contributed by atoms with Crippen LogP contribution in [0.25, 0.3) is 33.8 Å². The number of hydrogen-bond donors (Lipinski definition) is 1. The molecule has 13 heteroatoms. The van der Waals surface area contributed by atoms with Gasteiger partial charge < -0.3 is 9.55 Å². The Kier molecular flexibility index (Phi) is 10.4. The number of nitrogens with one attached hydrogen (secondary N) is 1. The number of Topliss-reactive ketones (excluding diaryl/α,β-unsaturated/α-hetero) is 6. The van der Waals surface area contributed by atoms with Crippen molar-refractivity contribution in [3.05, 3.63) is 124 Å². The van der Waals surface area contributed by atoms with Gasteiger partial charge in [-0.1, -0.05) is 87.5 Å². The van der Waals surface area contributed by atoms with E-state index in [0.29, 0.717) is 51.6 Å². The fourth-order valence-corrected chi connectivity index (χ4v) is 7.46. The molecule has 0 saturated heterocycles. The van der Waals surface area contributed by atoms with Crippen molar-refractivity contribution in [2.24, 2.45) is 21.1 Å². The van der Waals surface area contributed by atoms with Crippen LogP contribution in [0.1, 0.15) is 102 Å². The van der Waals surface area contributed by atoms with E-state index in [2.05, 4.69) is 15.0 Å². The lowest BCUT2D eigenvalue weighted by molar-refractivity contribution is -0.668. The average Bonchev–Trinajstić information content (AvgIpc) is 3.90. The van der Waals surface area contributed by atoms with Crippen LogP contribution in [0.2, 0.25) is 0 Å². The molecule has 0 radical (unpaired) electrons. The molecular formula is C43H40FN6O6+. The van der Waals surface area contributed by atoms with Crippen LogP contribution in [0.5, 0.6) is 0 Å². The smallest absolute Gasteiger partial charge is 0.277 e. The van der Waals surface area contributed by atoms with E-state index in [1.807, 2.05) is 80.4 Å². The normalized spacial score (nSPS) is 13.3. The van der Waals surface area contributed by atoms with Gasteiger partial charge in [-0.2, -0.15) is 0 Å². The van der Waals surface area contributed by atoms with Gasteiger partial charge in [-0.25, -0.2) is 19.1 Å². The van der Waals surface area contributed by atoms with Gasteiger partial charge in [0, 0.05) is 59.7 Å². The number of imidazole rings is 3. The van der Waals surface area contributed by atoms with E-state index in [9.17, 15) is 33.2 Å². The largest absolute Gasteiger partial charge is 0.339 e. The number of carbonyl (C=O) groups is 6. The average molecular weight is 757 g/mol. The van der Waals surface area contributed by atoms with Gasteiger partial charge in [0.15, 0.2) is 5.69 Å². The van der Waals surface area contributed by atoms with Crippen molar-refractivity contribution in [3.63, 3.8) is 0 Å². The molecule has 0 bridgehead atoms. The van der Waals surface area contributed by atoms with Gasteiger partial charge in [0.25, 0.3) is 23.2 Å². The first-order valence-electron chi connectivity index (χ1n) is 18.7. The molecule has 0 atom stereocenters. The van der Waals surface area contributed by atoms with E-state index in [0.717, 1.165) is 52.7 Å². The van der Waals surface area contributed by atoms with Gasteiger partial charge >= 0.3 is 0 Å². The number of carbonyl (C=O) groups excluding carboxylic acids is 6. The van der Waals surface area contributed by atoms with Crippen molar-refractivity contribution < 1.29 is 39.1 Å². The van der Waals surface area contributed by atoms with E-state index in [1.54, 1.807) is 48.0 Å². The minimum atomic E-state index is -1.00. The molecule has 3 heterocycles. The molecule has 1 N–H and O–H groups in total. The lowest BCUT2D eigenvalue weighted by Crippen LogP contribution is -2.35. The Morgan fingerprint density at radius 1 is 0.607 bits per heavy atom. The second-order valence-electron chi connectivity index (χ2n) is 13.1. The topological polar surface area (TPSA) is 158 Å². The number of H-pyrrole nitrogens is 1. The van der Waals surface area contributed by atoms with Gasteiger partial charge in [0.05, 0.1) is 22.6 Å². The summed E-state index contributed by atoms with van der Waals surface area (Å²) in [5.41, 5.74) is 7.06. The summed E-state index contributed by atoms with van der Waals surface area (Å²) in [7, 11) is 4.57. The number of nitrogens with zero attached hydrogens (tertiary/aromatic N) is 5. The van der Waals surface area contributed by atoms with Crippen LogP contribution in [-0.2, 0) is 40.4 Å². The van der Waals surface area contributed by atoms with Crippen LogP contribution >= 0.6 is 0 Å². The quantitative estimate of drug-likeness (QED) is 0.168. The SMILES string of the molecule is CCc1n(C)c2c([n+]1C)-c1ccccc1C(=O)C2=O.CCc1nc2c([nH]1)C(=O)C(=O)c1ccccc1-2.CCc1nc2c(n1C)C(=O)C(=O)c1ccccc1-2.[2H]CF. The van der Waals surface area contributed by atoms with E-state index in [1.165, 1.54) is 0 Å². The molecule has 3 aromatic carbocycles. The zero-order valence-corrected chi connectivity index (χ0v) is 31.8. The predicted octanol–water partition coefficient (Wildman–Crippen LogP) is 6.09. The molecule has 0 fully saturated rings. The van der Waals surface area contributed by atoms with Gasteiger partial charge in [-0.3, -0.25) is 33.2 Å². The number of benzene rings is 3. The maximum absolute atomic E-state index is 12.3. The third kappa shape index (κ3) is 6.14. The molecule has 3 aromatic heterocycles. The summed E-state index contributed by atoms with van der Waals surface area (Å²) >= 11 is 0. The van der Waals surface area contributed by atoms with Crippen LogP contribution in [0, 0.1) is 0 Å². The molecular weight excluding hydrogens is 716 g/mol. The fraction of sp³-hybridized carbons (Fsp3) is 0.233. The molecule has 0 spiro atoms. The Bertz CT molecular complexity index is 2650. The molecule has 0 unspecified atom stereocenters. The Morgan fingerprint density at radius 3 is 1.59 bits per heavy atom. The molecule has 3 aliphatic carbocycles. The minimum Gasteiger partial charge on any atom is -0.339 e. The zero-order valence-electron chi connectivity index (χ0n) is 32.8.